The zero-order valence-corrected chi connectivity index (χ0v) is 16.8. The number of nitrogens with one attached hydrogen (secondary N) is 2. The van der Waals surface area contributed by atoms with Gasteiger partial charge in [0.05, 0.1) is 27.8 Å². The Morgan fingerprint density at radius 3 is 2.74 bits per heavy atom. The van der Waals surface area contributed by atoms with E-state index in [4.69, 9.17) is 16.3 Å². The smallest absolute Gasteiger partial charge is 0.261 e. The summed E-state index contributed by atoms with van der Waals surface area (Å²) in [7, 11) is -2.30. The van der Waals surface area contributed by atoms with Gasteiger partial charge in [-0.1, -0.05) is 29.9 Å². The van der Waals surface area contributed by atoms with Crippen molar-refractivity contribution in [2.75, 3.05) is 19.0 Å². The Kier molecular flexibility index (Phi) is 5.66. The summed E-state index contributed by atoms with van der Waals surface area (Å²) >= 11 is 7.23. The van der Waals surface area contributed by atoms with E-state index in [1.165, 1.54) is 36.6 Å². The number of rotatable bonds is 6. The van der Waals surface area contributed by atoms with Crippen LogP contribution < -0.4 is 14.8 Å². The van der Waals surface area contributed by atoms with E-state index < -0.39 is 15.9 Å². The van der Waals surface area contributed by atoms with Gasteiger partial charge in [-0.15, -0.1) is 0 Å². The van der Waals surface area contributed by atoms with Gasteiger partial charge in [0.1, 0.15) is 5.75 Å². The van der Waals surface area contributed by atoms with Gasteiger partial charge in [0.15, 0.2) is 5.13 Å². The third-order valence-electron chi connectivity index (χ3n) is 3.63. The summed E-state index contributed by atoms with van der Waals surface area (Å²) in [5.74, 6) is -0.266. The number of methoxy groups -OCH3 is 1. The fourth-order valence-electron chi connectivity index (χ4n) is 2.42. The van der Waals surface area contributed by atoms with Crippen LogP contribution in [0.4, 0.5) is 5.13 Å². The Labute approximate surface area is 165 Å². The van der Waals surface area contributed by atoms with Gasteiger partial charge in [-0.3, -0.25) is 10.1 Å². The van der Waals surface area contributed by atoms with E-state index in [0.717, 1.165) is 4.70 Å². The second-order valence-corrected chi connectivity index (χ2v) is 8.68. The fourth-order valence-corrected chi connectivity index (χ4v) is 4.63. The predicted octanol–water partition coefficient (Wildman–Crippen LogP) is 3.51. The highest BCUT2D eigenvalue weighted by Crippen LogP contribution is 2.30. The molecule has 142 valence electrons. The first kappa shape index (κ1) is 19.6. The zero-order valence-electron chi connectivity index (χ0n) is 14.4. The largest absolute Gasteiger partial charge is 0.496 e. The lowest BCUT2D eigenvalue weighted by Crippen LogP contribution is -2.23. The maximum atomic E-state index is 12.7. The molecule has 1 heterocycles. The van der Waals surface area contributed by atoms with Gasteiger partial charge in [-0.25, -0.2) is 18.1 Å². The Bertz CT molecular complexity index is 1110. The number of sulfonamides is 1. The van der Waals surface area contributed by atoms with Crippen LogP contribution in [-0.2, 0) is 10.0 Å². The molecule has 3 aromatic rings. The standard InChI is InChI=1S/C17H16ClN3O4S2/c1-3-19-27(23,24)11-5-7-14(25-2)12(9-11)16(22)21-17-20-13-6-4-10(18)8-15(13)26-17/h4-9,19H,3H2,1-2H3,(H,20,21,22). The number of nitrogens with zero attached hydrogens (tertiary/aromatic N) is 1. The summed E-state index contributed by atoms with van der Waals surface area (Å²) in [5.41, 5.74) is 0.795. The molecule has 3 rings (SSSR count). The molecule has 0 saturated carbocycles. The van der Waals surface area contributed by atoms with Gasteiger partial charge < -0.3 is 4.74 Å². The van der Waals surface area contributed by atoms with Gasteiger partial charge in [-0.05, 0) is 36.4 Å². The maximum absolute atomic E-state index is 12.7. The number of carbonyl (C=O) groups excluding carboxylic acids is 1. The first-order valence-electron chi connectivity index (χ1n) is 7.89. The number of benzene rings is 2. The van der Waals surface area contributed by atoms with Crippen molar-refractivity contribution in [3.8, 4) is 5.75 Å². The number of ether oxygens (including phenoxy) is 1. The molecule has 2 N–H and O–H groups in total. The van der Waals surface area contributed by atoms with E-state index in [1.54, 1.807) is 25.1 Å². The Hall–Kier alpha value is -2.20. The van der Waals surface area contributed by atoms with Gasteiger partial charge in [0, 0.05) is 11.6 Å². The van der Waals surface area contributed by atoms with Crippen LogP contribution in [0.2, 0.25) is 5.02 Å². The van der Waals surface area contributed by atoms with E-state index in [2.05, 4.69) is 15.0 Å². The molecule has 27 heavy (non-hydrogen) atoms. The monoisotopic (exact) mass is 425 g/mol. The van der Waals surface area contributed by atoms with Crippen molar-refractivity contribution in [1.29, 1.82) is 0 Å². The number of fused-ring (bicyclic) bond motifs is 1. The van der Waals surface area contributed by atoms with Crippen LogP contribution in [0, 0.1) is 0 Å². The number of aromatic nitrogens is 1. The molecule has 1 amide bonds. The summed E-state index contributed by atoms with van der Waals surface area (Å²) in [4.78, 5) is 17.0. The minimum Gasteiger partial charge on any atom is -0.496 e. The first-order chi connectivity index (χ1) is 12.8. The van der Waals surface area contributed by atoms with E-state index >= 15 is 0 Å². The molecule has 0 radical (unpaired) electrons. The van der Waals surface area contributed by atoms with Gasteiger partial charge in [0.2, 0.25) is 10.0 Å². The number of halogens is 1. The second kappa shape index (κ2) is 7.81. The molecule has 1 aromatic heterocycles. The highest BCUT2D eigenvalue weighted by molar-refractivity contribution is 7.89. The van der Waals surface area contributed by atoms with Crippen LogP contribution in [0.25, 0.3) is 10.2 Å². The van der Waals surface area contributed by atoms with Gasteiger partial charge >= 0.3 is 0 Å². The van der Waals surface area contributed by atoms with Crippen molar-refractivity contribution in [2.45, 2.75) is 11.8 Å². The molecule has 7 nitrogen and oxygen atoms in total. The minimum atomic E-state index is -3.70. The van der Waals surface area contributed by atoms with Crippen molar-refractivity contribution in [2.24, 2.45) is 0 Å². The molecule has 2 aromatic carbocycles. The summed E-state index contributed by atoms with van der Waals surface area (Å²) in [6, 6.07) is 9.33. The molecule has 0 aliphatic carbocycles. The lowest BCUT2D eigenvalue weighted by Gasteiger charge is -2.11. The zero-order chi connectivity index (χ0) is 19.6. The molecule has 0 unspecified atom stereocenters. The number of amides is 1. The van der Waals surface area contributed by atoms with Crippen LogP contribution in [0.3, 0.4) is 0 Å². The molecule has 0 atom stereocenters. The molecular weight excluding hydrogens is 410 g/mol. The summed E-state index contributed by atoms with van der Waals surface area (Å²) < 4.78 is 32.8. The molecule has 10 heteroatoms. The predicted molar refractivity (Wildman–Crippen MR) is 106 cm³/mol. The molecule has 0 bridgehead atoms. The first-order valence-corrected chi connectivity index (χ1v) is 10.6. The third kappa shape index (κ3) is 4.22. The van der Waals surface area contributed by atoms with Crippen LogP contribution >= 0.6 is 22.9 Å². The summed E-state index contributed by atoms with van der Waals surface area (Å²) in [5, 5.41) is 3.63. The van der Waals surface area contributed by atoms with E-state index in [0.29, 0.717) is 15.7 Å². The maximum Gasteiger partial charge on any atom is 0.261 e. The molecule has 0 spiro atoms. The third-order valence-corrected chi connectivity index (χ3v) is 6.34. The Morgan fingerprint density at radius 2 is 2.04 bits per heavy atom. The van der Waals surface area contributed by atoms with E-state index in [9.17, 15) is 13.2 Å². The highest BCUT2D eigenvalue weighted by Gasteiger charge is 2.20. The number of thiazole rings is 1. The van der Waals surface area contributed by atoms with Crippen LogP contribution in [0.5, 0.6) is 5.75 Å². The highest BCUT2D eigenvalue weighted by atomic mass is 35.5. The fraction of sp³-hybridized carbons (Fsp3) is 0.176. The minimum absolute atomic E-state index is 0.0219. The molecular formula is C17H16ClN3O4S2. The Morgan fingerprint density at radius 1 is 1.26 bits per heavy atom. The van der Waals surface area contributed by atoms with E-state index in [-0.39, 0.29) is 22.8 Å². The normalized spacial score (nSPS) is 11.5. The quantitative estimate of drug-likeness (QED) is 0.629. The van der Waals surface area contributed by atoms with Crippen molar-refractivity contribution in [3.63, 3.8) is 0 Å². The van der Waals surface area contributed by atoms with Crippen molar-refractivity contribution in [3.05, 3.63) is 47.0 Å². The van der Waals surface area contributed by atoms with Gasteiger partial charge in [0.25, 0.3) is 5.91 Å². The lowest BCUT2D eigenvalue weighted by atomic mass is 10.2. The topological polar surface area (TPSA) is 97.4 Å². The molecule has 0 aliphatic rings. The Balaban J connectivity index is 1.94. The number of anilines is 1. The SMILES string of the molecule is CCNS(=O)(=O)c1ccc(OC)c(C(=O)Nc2nc3ccc(Cl)cc3s2)c1. The molecule has 0 aliphatic heterocycles. The van der Waals surface area contributed by atoms with Gasteiger partial charge in [-0.2, -0.15) is 0 Å². The summed E-state index contributed by atoms with van der Waals surface area (Å²) in [6.45, 7) is 1.91. The van der Waals surface area contributed by atoms with Crippen molar-refractivity contribution >= 4 is 54.2 Å². The average molecular weight is 426 g/mol. The number of hydrogen-bond acceptors (Lipinski definition) is 6. The van der Waals surface area contributed by atoms with E-state index in [1.807, 2.05) is 0 Å². The van der Waals surface area contributed by atoms with Crippen molar-refractivity contribution in [1.82, 2.24) is 9.71 Å². The van der Waals surface area contributed by atoms with Crippen molar-refractivity contribution < 1.29 is 17.9 Å². The second-order valence-electron chi connectivity index (χ2n) is 5.45. The lowest BCUT2D eigenvalue weighted by molar-refractivity contribution is 0.102. The number of carbonyl (C=O) groups is 1. The van der Waals surface area contributed by atoms with Crippen LogP contribution in [0.15, 0.2) is 41.3 Å². The summed E-state index contributed by atoms with van der Waals surface area (Å²) in [6.07, 6.45) is 0. The molecule has 0 saturated heterocycles. The average Bonchev–Trinajstić information content (AvgIpc) is 3.02. The van der Waals surface area contributed by atoms with Crippen LogP contribution in [-0.4, -0.2) is 33.0 Å². The van der Waals surface area contributed by atoms with Crippen LogP contribution in [0.1, 0.15) is 17.3 Å². The molecule has 0 fully saturated rings. The number of hydrogen-bond donors (Lipinski definition) is 2.